The van der Waals surface area contributed by atoms with Gasteiger partial charge in [0.1, 0.15) is 18.1 Å². The minimum absolute atomic E-state index is 0. The molecule has 148 valence electrons. The third kappa shape index (κ3) is 7.94. The smallest absolute Gasteiger partial charge is 0.191 e. The first-order valence-corrected chi connectivity index (χ1v) is 8.60. The number of anilines is 1. The van der Waals surface area contributed by atoms with Gasteiger partial charge in [-0.3, -0.25) is 4.99 Å². The van der Waals surface area contributed by atoms with Crippen molar-refractivity contribution >= 4 is 35.6 Å². The molecule has 0 atom stereocenters. The number of halogens is 1. The number of guanidine groups is 1. The Bertz CT molecular complexity index is 705. The second kappa shape index (κ2) is 12.3. The largest absolute Gasteiger partial charge is 0.497 e. The summed E-state index contributed by atoms with van der Waals surface area (Å²) in [6, 6.07) is 16.0. The predicted octanol–water partition coefficient (Wildman–Crippen LogP) is 3.12. The van der Waals surface area contributed by atoms with Gasteiger partial charge in [-0.15, -0.1) is 24.0 Å². The number of nitrogens with zero attached hydrogens (tertiary/aromatic N) is 2. The topological polar surface area (TPSA) is 58.1 Å². The molecule has 0 bridgehead atoms. The number of ether oxygens (including phenoxy) is 2. The zero-order chi connectivity index (χ0) is 18.8. The molecule has 0 amide bonds. The van der Waals surface area contributed by atoms with E-state index in [0.29, 0.717) is 19.7 Å². The number of aliphatic imine (C=N–C) groups is 1. The summed E-state index contributed by atoms with van der Waals surface area (Å²) < 4.78 is 10.8. The fourth-order valence-corrected chi connectivity index (χ4v) is 2.36. The highest BCUT2D eigenvalue weighted by molar-refractivity contribution is 14.0. The van der Waals surface area contributed by atoms with Crippen molar-refractivity contribution in [2.24, 2.45) is 4.99 Å². The summed E-state index contributed by atoms with van der Waals surface area (Å²) in [5, 5.41) is 6.56. The Labute approximate surface area is 179 Å². The normalized spacial score (nSPS) is 10.6. The van der Waals surface area contributed by atoms with E-state index in [4.69, 9.17) is 9.47 Å². The molecule has 0 saturated carbocycles. The van der Waals surface area contributed by atoms with Gasteiger partial charge < -0.3 is 25.0 Å². The summed E-state index contributed by atoms with van der Waals surface area (Å²) >= 11 is 0. The van der Waals surface area contributed by atoms with E-state index in [0.717, 1.165) is 17.5 Å². The number of methoxy groups -OCH3 is 1. The van der Waals surface area contributed by atoms with Gasteiger partial charge in [-0.2, -0.15) is 0 Å². The molecule has 2 aromatic rings. The first-order chi connectivity index (χ1) is 12.6. The SMILES string of the molecule is CN=C(NCCOc1ccc(OC)cc1)NCc1cccc(N(C)C)c1.I. The molecule has 7 heteroatoms. The molecule has 0 fully saturated rings. The van der Waals surface area contributed by atoms with Crippen molar-refractivity contribution in [1.29, 1.82) is 0 Å². The third-order valence-electron chi connectivity index (χ3n) is 3.83. The van der Waals surface area contributed by atoms with Gasteiger partial charge in [0.15, 0.2) is 5.96 Å². The molecule has 2 aromatic carbocycles. The van der Waals surface area contributed by atoms with E-state index < -0.39 is 0 Å². The van der Waals surface area contributed by atoms with E-state index in [2.05, 4.69) is 44.8 Å². The molecule has 0 spiro atoms. The zero-order valence-electron chi connectivity index (χ0n) is 16.4. The maximum Gasteiger partial charge on any atom is 0.191 e. The van der Waals surface area contributed by atoms with Crippen LogP contribution in [0.5, 0.6) is 11.5 Å². The van der Waals surface area contributed by atoms with Gasteiger partial charge in [0, 0.05) is 33.4 Å². The fraction of sp³-hybridized carbons (Fsp3) is 0.350. The van der Waals surface area contributed by atoms with Crippen LogP contribution in [0.15, 0.2) is 53.5 Å². The lowest BCUT2D eigenvalue weighted by Crippen LogP contribution is -2.38. The summed E-state index contributed by atoms with van der Waals surface area (Å²) in [6.45, 7) is 1.91. The highest BCUT2D eigenvalue weighted by atomic mass is 127. The Kier molecular flexibility index (Phi) is 10.4. The Morgan fingerprint density at radius 1 is 1.04 bits per heavy atom. The number of hydrogen-bond donors (Lipinski definition) is 2. The Morgan fingerprint density at radius 3 is 2.37 bits per heavy atom. The van der Waals surface area contributed by atoms with Crippen LogP contribution in [-0.4, -0.2) is 47.4 Å². The average molecular weight is 484 g/mol. The number of hydrogen-bond acceptors (Lipinski definition) is 4. The number of rotatable bonds is 8. The van der Waals surface area contributed by atoms with Crippen LogP contribution in [0.25, 0.3) is 0 Å². The van der Waals surface area contributed by atoms with E-state index in [9.17, 15) is 0 Å². The van der Waals surface area contributed by atoms with Crippen LogP contribution in [0.3, 0.4) is 0 Å². The number of nitrogens with one attached hydrogen (secondary N) is 2. The third-order valence-corrected chi connectivity index (χ3v) is 3.83. The standard InChI is InChI=1S/C20H28N4O2.HI/c1-21-20(23-15-16-6-5-7-17(14-16)24(2)3)22-12-13-26-19-10-8-18(25-4)9-11-19;/h5-11,14H,12-13,15H2,1-4H3,(H2,21,22,23);1H. The van der Waals surface area contributed by atoms with Crippen LogP contribution in [0.2, 0.25) is 0 Å². The van der Waals surface area contributed by atoms with Crippen molar-refractivity contribution in [3.63, 3.8) is 0 Å². The minimum atomic E-state index is 0. The molecule has 0 heterocycles. The lowest BCUT2D eigenvalue weighted by atomic mass is 10.2. The quantitative estimate of drug-likeness (QED) is 0.261. The van der Waals surface area contributed by atoms with E-state index in [1.54, 1.807) is 14.2 Å². The highest BCUT2D eigenvalue weighted by Crippen LogP contribution is 2.16. The summed E-state index contributed by atoms with van der Waals surface area (Å²) in [5.74, 6) is 2.38. The molecule has 6 nitrogen and oxygen atoms in total. The Morgan fingerprint density at radius 2 is 1.74 bits per heavy atom. The first-order valence-electron chi connectivity index (χ1n) is 8.60. The van der Waals surface area contributed by atoms with Gasteiger partial charge in [0.25, 0.3) is 0 Å². The fourth-order valence-electron chi connectivity index (χ4n) is 2.36. The molecule has 0 aromatic heterocycles. The van der Waals surface area contributed by atoms with Gasteiger partial charge in [-0.25, -0.2) is 0 Å². The van der Waals surface area contributed by atoms with Crippen molar-refractivity contribution in [2.45, 2.75) is 6.54 Å². The second-order valence-corrected chi connectivity index (χ2v) is 5.94. The van der Waals surface area contributed by atoms with Crippen molar-refractivity contribution in [3.05, 3.63) is 54.1 Å². The van der Waals surface area contributed by atoms with E-state index in [1.807, 2.05) is 38.4 Å². The van der Waals surface area contributed by atoms with Gasteiger partial charge >= 0.3 is 0 Å². The number of benzene rings is 2. The highest BCUT2D eigenvalue weighted by Gasteiger charge is 2.01. The van der Waals surface area contributed by atoms with Crippen LogP contribution < -0.4 is 25.0 Å². The lowest BCUT2D eigenvalue weighted by molar-refractivity contribution is 0.321. The van der Waals surface area contributed by atoms with Gasteiger partial charge in [0.05, 0.1) is 13.7 Å². The molecule has 0 aliphatic heterocycles. The summed E-state index contributed by atoms with van der Waals surface area (Å²) in [5.41, 5.74) is 2.38. The van der Waals surface area contributed by atoms with Crippen LogP contribution in [0.4, 0.5) is 5.69 Å². The molecular weight excluding hydrogens is 455 g/mol. The first kappa shape index (κ1) is 22.9. The van der Waals surface area contributed by atoms with E-state index >= 15 is 0 Å². The average Bonchev–Trinajstić information content (AvgIpc) is 2.68. The molecular formula is C20H29IN4O2. The van der Waals surface area contributed by atoms with E-state index in [-0.39, 0.29) is 24.0 Å². The molecule has 2 rings (SSSR count). The van der Waals surface area contributed by atoms with Crippen molar-refractivity contribution in [3.8, 4) is 11.5 Å². The second-order valence-electron chi connectivity index (χ2n) is 5.94. The molecule has 0 aliphatic rings. The van der Waals surface area contributed by atoms with Gasteiger partial charge in [0.2, 0.25) is 0 Å². The molecule has 0 unspecified atom stereocenters. The van der Waals surface area contributed by atoms with Gasteiger partial charge in [-0.1, -0.05) is 12.1 Å². The molecule has 0 radical (unpaired) electrons. The maximum atomic E-state index is 5.70. The summed E-state index contributed by atoms with van der Waals surface area (Å²) in [4.78, 5) is 6.33. The Hall–Kier alpha value is -2.16. The minimum Gasteiger partial charge on any atom is -0.497 e. The molecule has 27 heavy (non-hydrogen) atoms. The van der Waals surface area contributed by atoms with Crippen LogP contribution in [-0.2, 0) is 6.54 Å². The van der Waals surface area contributed by atoms with Crippen molar-refractivity contribution < 1.29 is 9.47 Å². The molecule has 0 aliphatic carbocycles. The summed E-state index contributed by atoms with van der Waals surface area (Å²) in [7, 11) is 7.48. The van der Waals surface area contributed by atoms with Gasteiger partial charge in [-0.05, 0) is 42.0 Å². The molecule has 0 saturated heterocycles. The molecule has 2 N–H and O–H groups in total. The summed E-state index contributed by atoms with van der Waals surface area (Å²) in [6.07, 6.45) is 0. The van der Waals surface area contributed by atoms with Crippen molar-refractivity contribution in [2.75, 3.05) is 46.3 Å². The van der Waals surface area contributed by atoms with E-state index in [1.165, 1.54) is 11.3 Å². The van der Waals surface area contributed by atoms with Crippen LogP contribution in [0, 0.1) is 0 Å². The maximum absolute atomic E-state index is 5.70. The van der Waals surface area contributed by atoms with Crippen LogP contribution >= 0.6 is 24.0 Å². The van der Waals surface area contributed by atoms with Crippen molar-refractivity contribution in [1.82, 2.24) is 10.6 Å². The van der Waals surface area contributed by atoms with Crippen LogP contribution in [0.1, 0.15) is 5.56 Å². The lowest BCUT2D eigenvalue weighted by Gasteiger charge is -2.15. The predicted molar refractivity (Wildman–Crippen MR) is 123 cm³/mol. The zero-order valence-corrected chi connectivity index (χ0v) is 18.7. The monoisotopic (exact) mass is 484 g/mol. The Balaban J connectivity index is 0.00000364.